The van der Waals surface area contributed by atoms with Gasteiger partial charge in [0.25, 0.3) is 5.91 Å². The zero-order chi connectivity index (χ0) is 15.4. The molecule has 2 rings (SSSR count). The van der Waals surface area contributed by atoms with Gasteiger partial charge in [-0.05, 0) is 39.3 Å². The van der Waals surface area contributed by atoms with E-state index < -0.39 is 0 Å². The second-order valence-electron chi connectivity index (χ2n) is 5.55. The Bertz CT molecular complexity index is 613. The third kappa shape index (κ3) is 3.51. The van der Waals surface area contributed by atoms with E-state index in [-0.39, 0.29) is 11.9 Å². The van der Waals surface area contributed by atoms with Crippen molar-refractivity contribution in [3.63, 3.8) is 0 Å². The van der Waals surface area contributed by atoms with Crippen LogP contribution in [0.25, 0.3) is 5.69 Å². The van der Waals surface area contributed by atoms with Crippen molar-refractivity contribution in [3.05, 3.63) is 47.3 Å². The van der Waals surface area contributed by atoms with Crippen LogP contribution in [0.2, 0.25) is 0 Å². The van der Waals surface area contributed by atoms with Gasteiger partial charge in [0.15, 0.2) is 0 Å². The molecule has 1 heterocycles. The normalized spacial score (nSPS) is 12.2. The first-order valence-electron chi connectivity index (χ1n) is 7.45. The lowest BCUT2D eigenvalue weighted by molar-refractivity contribution is 0.0937. The minimum atomic E-state index is -0.0492. The van der Waals surface area contributed by atoms with E-state index in [0.717, 1.165) is 24.2 Å². The van der Waals surface area contributed by atoms with Gasteiger partial charge in [-0.25, -0.2) is 4.68 Å². The molecule has 0 fully saturated rings. The number of nitrogens with one attached hydrogen (secondary N) is 1. The summed E-state index contributed by atoms with van der Waals surface area (Å²) in [6.45, 7) is 8.12. The lowest BCUT2D eigenvalue weighted by Gasteiger charge is -2.12. The number of hydrogen-bond donors (Lipinski definition) is 1. The standard InChI is InChI=1S/C17H23N3O/c1-5-6-13(3)19-17(21)16-11-18-20(14(16)4)15-9-7-12(2)8-10-15/h7-11,13H,5-6H2,1-4H3,(H,19,21). The molecule has 0 saturated carbocycles. The van der Waals surface area contributed by atoms with E-state index in [0.29, 0.717) is 5.56 Å². The summed E-state index contributed by atoms with van der Waals surface area (Å²) in [5.41, 5.74) is 3.67. The molecule has 0 spiro atoms. The molecule has 0 aliphatic rings. The Balaban J connectivity index is 2.20. The molecular formula is C17H23N3O. The van der Waals surface area contributed by atoms with Crippen LogP contribution in [-0.2, 0) is 0 Å². The van der Waals surface area contributed by atoms with Crippen LogP contribution in [0, 0.1) is 13.8 Å². The Labute approximate surface area is 126 Å². The molecule has 1 aromatic heterocycles. The van der Waals surface area contributed by atoms with Crippen molar-refractivity contribution in [1.82, 2.24) is 15.1 Å². The fourth-order valence-corrected chi connectivity index (χ4v) is 2.39. The highest BCUT2D eigenvalue weighted by molar-refractivity contribution is 5.95. The van der Waals surface area contributed by atoms with E-state index in [1.165, 1.54) is 5.56 Å². The average molecular weight is 285 g/mol. The number of carbonyl (C=O) groups excluding carboxylic acids is 1. The predicted octanol–water partition coefficient (Wildman–Crippen LogP) is 3.41. The van der Waals surface area contributed by atoms with Gasteiger partial charge in [-0.1, -0.05) is 31.0 Å². The van der Waals surface area contributed by atoms with Crippen molar-refractivity contribution in [2.24, 2.45) is 0 Å². The quantitative estimate of drug-likeness (QED) is 0.915. The fourth-order valence-electron chi connectivity index (χ4n) is 2.39. The van der Waals surface area contributed by atoms with Crippen molar-refractivity contribution in [3.8, 4) is 5.69 Å². The van der Waals surface area contributed by atoms with Gasteiger partial charge >= 0.3 is 0 Å². The van der Waals surface area contributed by atoms with E-state index in [4.69, 9.17) is 0 Å². The van der Waals surface area contributed by atoms with Crippen LogP contribution < -0.4 is 5.32 Å². The summed E-state index contributed by atoms with van der Waals surface area (Å²) >= 11 is 0. The van der Waals surface area contributed by atoms with Crippen LogP contribution in [0.1, 0.15) is 48.3 Å². The molecular weight excluding hydrogens is 262 g/mol. The summed E-state index contributed by atoms with van der Waals surface area (Å²) in [4.78, 5) is 12.3. The van der Waals surface area contributed by atoms with E-state index in [2.05, 4.69) is 17.3 Å². The Kier molecular flexibility index (Phi) is 4.78. The molecule has 1 amide bonds. The third-order valence-corrected chi connectivity index (χ3v) is 3.63. The highest BCUT2D eigenvalue weighted by Gasteiger charge is 2.16. The number of aryl methyl sites for hydroxylation is 1. The van der Waals surface area contributed by atoms with Gasteiger partial charge in [0.05, 0.1) is 23.1 Å². The smallest absolute Gasteiger partial charge is 0.254 e. The molecule has 0 radical (unpaired) electrons. The fraction of sp³-hybridized carbons (Fsp3) is 0.412. The van der Waals surface area contributed by atoms with Crippen LogP contribution in [0.15, 0.2) is 30.5 Å². The van der Waals surface area contributed by atoms with Gasteiger partial charge in [0, 0.05) is 6.04 Å². The summed E-state index contributed by atoms with van der Waals surface area (Å²) in [6, 6.07) is 8.29. The maximum atomic E-state index is 12.3. The lowest BCUT2D eigenvalue weighted by Crippen LogP contribution is -2.32. The SMILES string of the molecule is CCCC(C)NC(=O)c1cnn(-c2ccc(C)cc2)c1C. The van der Waals surface area contributed by atoms with Gasteiger partial charge in [-0.3, -0.25) is 4.79 Å². The molecule has 0 aliphatic carbocycles. The van der Waals surface area contributed by atoms with E-state index in [1.807, 2.05) is 45.0 Å². The molecule has 112 valence electrons. The molecule has 4 nitrogen and oxygen atoms in total. The van der Waals surface area contributed by atoms with Gasteiger partial charge in [0.2, 0.25) is 0 Å². The first-order valence-corrected chi connectivity index (χ1v) is 7.45. The van der Waals surface area contributed by atoms with E-state index in [9.17, 15) is 4.79 Å². The zero-order valence-electron chi connectivity index (χ0n) is 13.2. The molecule has 1 atom stereocenters. The van der Waals surface area contributed by atoms with Crippen molar-refractivity contribution in [2.45, 2.75) is 46.6 Å². The molecule has 4 heteroatoms. The predicted molar refractivity (Wildman–Crippen MR) is 84.9 cm³/mol. The largest absolute Gasteiger partial charge is 0.349 e. The molecule has 21 heavy (non-hydrogen) atoms. The number of aromatic nitrogens is 2. The van der Waals surface area contributed by atoms with Crippen molar-refractivity contribution >= 4 is 5.91 Å². The molecule has 1 unspecified atom stereocenters. The van der Waals surface area contributed by atoms with E-state index >= 15 is 0 Å². The maximum absolute atomic E-state index is 12.3. The second kappa shape index (κ2) is 6.57. The molecule has 1 N–H and O–H groups in total. The topological polar surface area (TPSA) is 46.9 Å². The average Bonchev–Trinajstić information content (AvgIpc) is 2.82. The van der Waals surface area contributed by atoms with Crippen LogP contribution in [-0.4, -0.2) is 21.7 Å². The van der Waals surface area contributed by atoms with E-state index in [1.54, 1.807) is 10.9 Å². The Morgan fingerprint density at radius 2 is 1.95 bits per heavy atom. The molecule has 0 bridgehead atoms. The zero-order valence-corrected chi connectivity index (χ0v) is 13.2. The monoisotopic (exact) mass is 285 g/mol. The summed E-state index contributed by atoms with van der Waals surface area (Å²) in [6.07, 6.45) is 3.68. The highest BCUT2D eigenvalue weighted by Crippen LogP contribution is 2.15. The summed E-state index contributed by atoms with van der Waals surface area (Å²) < 4.78 is 1.80. The van der Waals surface area contributed by atoms with Crippen LogP contribution in [0.3, 0.4) is 0 Å². The number of carbonyl (C=O) groups is 1. The lowest BCUT2D eigenvalue weighted by atomic mass is 10.1. The number of hydrogen-bond acceptors (Lipinski definition) is 2. The van der Waals surface area contributed by atoms with Crippen LogP contribution in [0.5, 0.6) is 0 Å². The van der Waals surface area contributed by atoms with Crippen molar-refractivity contribution < 1.29 is 4.79 Å². The van der Waals surface area contributed by atoms with Crippen LogP contribution in [0.4, 0.5) is 0 Å². The van der Waals surface area contributed by atoms with Gasteiger partial charge in [0.1, 0.15) is 0 Å². The number of benzene rings is 1. The second-order valence-corrected chi connectivity index (χ2v) is 5.55. The summed E-state index contributed by atoms with van der Waals surface area (Å²) in [7, 11) is 0. The van der Waals surface area contributed by atoms with Gasteiger partial charge < -0.3 is 5.32 Å². The van der Waals surface area contributed by atoms with Gasteiger partial charge in [-0.2, -0.15) is 5.10 Å². The van der Waals surface area contributed by atoms with Crippen LogP contribution >= 0.6 is 0 Å². The number of amides is 1. The molecule has 2 aromatic rings. The molecule has 0 saturated heterocycles. The Morgan fingerprint density at radius 3 is 2.57 bits per heavy atom. The molecule has 1 aromatic carbocycles. The minimum absolute atomic E-state index is 0.0492. The summed E-state index contributed by atoms with van der Waals surface area (Å²) in [5, 5.41) is 7.37. The number of nitrogens with zero attached hydrogens (tertiary/aromatic N) is 2. The highest BCUT2D eigenvalue weighted by atomic mass is 16.1. The van der Waals surface area contributed by atoms with Crippen molar-refractivity contribution in [1.29, 1.82) is 0 Å². The third-order valence-electron chi connectivity index (χ3n) is 3.63. The maximum Gasteiger partial charge on any atom is 0.254 e. The van der Waals surface area contributed by atoms with Crippen molar-refractivity contribution in [2.75, 3.05) is 0 Å². The Hall–Kier alpha value is -2.10. The minimum Gasteiger partial charge on any atom is -0.349 e. The van der Waals surface area contributed by atoms with Gasteiger partial charge in [-0.15, -0.1) is 0 Å². The summed E-state index contributed by atoms with van der Waals surface area (Å²) in [5.74, 6) is -0.0492. The first kappa shape index (κ1) is 15.3. The number of rotatable bonds is 5. The molecule has 0 aliphatic heterocycles. The Morgan fingerprint density at radius 1 is 1.29 bits per heavy atom. The first-order chi connectivity index (χ1) is 10.0.